The molecule has 0 aliphatic carbocycles. The second kappa shape index (κ2) is 4.76. The summed E-state index contributed by atoms with van der Waals surface area (Å²) in [6.07, 6.45) is 2.95. The number of sulfonamides is 1. The Morgan fingerprint density at radius 3 is 2.82 bits per heavy atom. The molecule has 0 saturated carbocycles. The lowest BCUT2D eigenvalue weighted by Crippen LogP contribution is -2.37. The van der Waals surface area contributed by atoms with Crippen LogP contribution in [0.1, 0.15) is 12.8 Å². The minimum atomic E-state index is -3.60. The van der Waals surface area contributed by atoms with Gasteiger partial charge in [-0.05, 0) is 12.8 Å². The molecule has 1 unspecified atom stereocenters. The van der Waals surface area contributed by atoms with E-state index in [4.69, 9.17) is 23.2 Å². The van der Waals surface area contributed by atoms with Gasteiger partial charge in [-0.1, -0.05) is 11.6 Å². The molecule has 0 amide bonds. The third kappa shape index (κ3) is 2.19. The lowest BCUT2D eigenvalue weighted by atomic mass is 10.3. The highest BCUT2D eigenvalue weighted by molar-refractivity contribution is 7.89. The number of hydrogen-bond donors (Lipinski definition) is 0. The van der Waals surface area contributed by atoms with Crippen molar-refractivity contribution in [3.8, 4) is 0 Å². The van der Waals surface area contributed by atoms with Gasteiger partial charge in [0.05, 0.1) is 11.2 Å². The summed E-state index contributed by atoms with van der Waals surface area (Å²) < 4.78 is 27.6. The van der Waals surface area contributed by atoms with Crippen molar-refractivity contribution < 1.29 is 8.42 Å². The van der Waals surface area contributed by atoms with E-state index in [0.29, 0.717) is 12.4 Å². The minimum absolute atomic E-state index is 0.0381. The molecule has 5 nitrogen and oxygen atoms in total. The minimum Gasteiger partial charge on any atom is -0.255 e. The molecule has 1 aromatic rings. The van der Waals surface area contributed by atoms with Crippen LogP contribution in [0.2, 0.25) is 5.02 Å². The smallest absolute Gasteiger partial charge is 0.255 e. The van der Waals surface area contributed by atoms with E-state index < -0.39 is 10.0 Å². The Hall–Kier alpha value is -0.300. The SMILES string of the molecule is Cn1ncc(Cl)c1S(=O)(=O)N1CCCC1CCl. The molecule has 1 aliphatic rings. The van der Waals surface area contributed by atoms with Crippen LogP contribution in [0.5, 0.6) is 0 Å². The molecule has 0 spiro atoms. The van der Waals surface area contributed by atoms with Gasteiger partial charge in [0.2, 0.25) is 0 Å². The molecule has 0 radical (unpaired) electrons. The standard InChI is InChI=1S/C9H13Cl2N3O2S/c1-13-9(8(11)6-12-13)17(15,16)14-4-2-3-7(14)5-10/h6-7H,2-5H2,1H3. The number of aromatic nitrogens is 2. The quantitative estimate of drug-likeness (QED) is 0.794. The molecule has 1 aliphatic heterocycles. The molecule has 2 heterocycles. The van der Waals surface area contributed by atoms with Gasteiger partial charge in [-0.25, -0.2) is 8.42 Å². The normalized spacial score (nSPS) is 22.2. The van der Waals surface area contributed by atoms with Gasteiger partial charge in [-0.2, -0.15) is 9.40 Å². The number of hydrogen-bond acceptors (Lipinski definition) is 3. The van der Waals surface area contributed by atoms with Crippen LogP contribution in [0, 0.1) is 0 Å². The second-order valence-electron chi connectivity index (χ2n) is 3.99. The van der Waals surface area contributed by atoms with E-state index in [1.54, 1.807) is 7.05 Å². The fraction of sp³-hybridized carbons (Fsp3) is 0.667. The summed E-state index contributed by atoms with van der Waals surface area (Å²) in [5, 5.41) is 4.03. The molecule has 2 rings (SSSR count). The Kier molecular flexibility index (Phi) is 3.68. The molecule has 1 atom stereocenters. The number of alkyl halides is 1. The van der Waals surface area contributed by atoms with Crippen molar-refractivity contribution in [1.29, 1.82) is 0 Å². The summed E-state index contributed by atoms with van der Waals surface area (Å²) in [5.74, 6) is 0.300. The van der Waals surface area contributed by atoms with Crippen LogP contribution in [0.15, 0.2) is 11.2 Å². The van der Waals surface area contributed by atoms with Crippen molar-refractivity contribution in [3.63, 3.8) is 0 Å². The summed E-state index contributed by atoms with van der Waals surface area (Å²) in [6, 6.07) is -0.146. The molecule has 17 heavy (non-hydrogen) atoms. The summed E-state index contributed by atoms with van der Waals surface area (Å²) in [6.45, 7) is 0.487. The summed E-state index contributed by atoms with van der Waals surface area (Å²) in [7, 11) is -2.04. The predicted molar refractivity (Wildman–Crippen MR) is 65.9 cm³/mol. The van der Waals surface area contributed by atoms with Crippen molar-refractivity contribution in [3.05, 3.63) is 11.2 Å². The molecule has 0 bridgehead atoms. The van der Waals surface area contributed by atoms with Gasteiger partial charge in [0.25, 0.3) is 10.0 Å². The Labute approximate surface area is 110 Å². The fourth-order valence-corrected chi connectivity index (χ4v) is 4.79. The first-order valence-electron chi connectivity index (χ1n) is 5.23. The lowest BCUT2D eigenvalue weighted by Gasteiger charge is -2.22. The molecule has 8 heteroatoms. The third-order valence-corrected chi connectivity index (χ3v) is 5.71. The first kappa shape index (κ1) is 13.1. The highest BCUT2D eigenvalue weighted by atomic mass is 35.5. The number of rotatable bonds is 3. The van der Waals surface area contributed by atoms with E-state index >= 15 is 0 Å². The Morgan fingerprint density at radius 2 is 2.29 bits per heavy atom. The third-order valence-electron chi connectivity index (χ3n) is 2.90. The van der Waals surface area contributed by atoms with Crippen molar-refractivity contribution in [1.82, 2.24) is 14.1 Å². The number of nitrogens with zero attached hydrogens (tertiary/aromatic N) is 3. The zero-order valence-corrected chi connectivity index (χ0v) is 11.6. The maximum Gasteiger partial charge on any atom is 0.262 e. The summed E-state index contributed by atoms with van der Waals surface area (Å²) >= 11 is 11.7. The lowest BCUT2D eigenvalue weighted by molar-refractivity contribution is 0.405. The van der Waals surface area contributed by atoms with Gasteiger partial charge in [0.1, 0.15) is 0 Å². The summed E-state index contributed by atoms with van der Waals surface area (Å²) in [4.78, 5) is 0. The molecule has 0 N–H and O–H groups in total. The van der Waals surface area contributed by atoms with Gasteiger partial charge in [0.15, 0.2) is 5.03 Å². The van der Waals surface area contributed by atoms with Gasteiger partial charge < -0.3 is 0 Å². The van der Waals surface area contributed by atoms with E-state index in [9.17, 15) is 8.42 Å². The molecule has 96 valence electrons. The predicted octanol–water partition coefficient (Wildman–Crippen LogP) is 1.47. The van der Waals surface area contributed by atoms with Crippen molar-refractivity contribution in [2.75, 3.05) is 12.4 Å². The Balaban J connectivity index is 2.43. The Morgan fingerprint density at radius 1 is 1.59 bits per heavy atom. The van der Waals surface area contributed by atoms with Crippen LogP contribution in [-0.2, 0) is 17.1 Å². The average Bonchev–Trinajstić information content (AvgIpc) is 2.85. The van der Waals surface area contributed by atoms with E-state index in [1.165, 1.54) is 15.2 Å². The van der Waals surface area contributed by atoms with E-state index in [1.807, 2.05) is 0 Å². The highest BCUT2D eigenvalue weighted by Crippen LogP contribution is 2.29. The van der Waals surface area contributed by atoms with Crippen molar-refractivity contribution in [2.24, 2.45) is 7.05 Å². The second-order valence-corrected chi connectivity index (χ2v) is 6.51. The van der Waals surface area contributed by atoms with Crippen LogP contribution in [0.3, 0.4) is 0 Å². The monoisotopic (exact) mass is 297 g/mol. The fourth-order valence-electron chi connectivity index (χ4n) is 2.08. The van der Waals surface area contributed by atoms with Gasteiger partial charge in [-0.3, -0.25) is 4.68 Å². The van der Waals surface area contributed by atoms with E-state index in [0.717, 1.165) is 12.8 Å². The molecule has 1 fully saturated rings. The van der Waals surface area contributed by atoms with Gasteiger partial charge >= 0.3 is 0 Å². The zero-order chi connectivity index (χ0) is 12.6. The average molecular weight is 298 g/mol. The number of halogens is 2. The van der Waals surface area contributed by atoms with Crippen LogP contribution in [0.4, 0.5) is 0 Å². The molecule has 1 aromatic heterocycles. The first-order valence-corrected chi connectivity index (χ1v) is 7.59. The zero-order valence-electron chi connectivity index (χ0n) is 9.31. The maximum atomic E-state index is 12.4. The topological polar surface area (TPSA) is 55.2 Å². The first-order chi connectivity index (χ1) is 7.98. The van der Waals surface area contributed by atoms with Crippen LogP contribution >= 0.6 is 23.2 Å². The van der Waals surface area contributed by atoms with E-state index in [-0.39, 0.29) is 16.1 Å². The van der Waals surface area contributed by atoms with Crippen LogP contribution in [-0.4, -0.2) is 41.0 Å². The van der Waals surface area contributed by atoms with Crippen molar-refractivity contribution in [2.45, 2.75) is 23.9 Å². The van der Waals surface area contributed by atoms with Crippen molar-refractivity contribution >= 4 is 33.2 Å². The Bertz CT molecular complexity index is 495. The van der Waals surface area contributed by atoms with E-state index in [2.05, 4.69) is 5.10 Å². The maximum absolute atomic E-state index is 12.4. The molecule has 0 aromatic carbocycles. The highest BCUT2D eigenvalue weighted by Gasteiger charge is 2.37. The van der Waals surface area contributed by atoms with Crippen LogP contribution in [0.25, 0.3) is 0 Å². The molecule has 1 saturated heterocycles. The van der Waals surface area contributed by atoms with Gasteiger partial charge in [-0.15, -0.1) is 11.6 Å². The van der Waals surface area contributed by atoms with Gasteiger partial charge in [0, 0.05) is 25.5 Å². The van der Waals surface area contributed by atoms with Crippen LogP contribution < -0.4 is 0 Å². The summed E-state index contributed by atoms with van der Waals surface area (Å²) in [5.41, 5.74) is 0. The molecular weight excluding hydrogens is 285 g/mol. The largest absolute Gasteiger partial charge is 0.262 e. The molecular formula is C9H13Cl2N3O2S. The number of aryl methyl sites for hydroxylation is 1.